The summed E-state index contributed by atoms with van der Waals surface area (Å²) < 4.78 is 38.7. The van der Waals surface area contributed by atoms with E-state index in [0.717, 1.165) is 0 Å². The van der Waals surface area contributed by atoms with Crippen molar-refractivity contribution in [2.75, 3.05) is 54.9 Å². The maximum atomic E-state index is 5.80. The Morgan fingerprint density at radius 1 is 0.545 bits per heavy atom. The Hall–Kier alpha value is -2.96. The molecule has 0 amide bonds. The van der Waals surface area contributed by atoms with Gasteiger partial charge >= 0.3 is 0 Å². The molecular formula is C22H34N4O7. The van der Waals surface area contributed by atoms with Crippen LogP contribution in [0.5, 0.6) is 34.5 Å². The summed E-state index contributed by atoms with van der Waals surface area (Å²) >= 11 is 0. The van der Waals surface area contributed by atoms with Crippen molar-refractivity contribution in [3.63, 3.8) is 0 Å². The number of ether oxygens (including phenoxy) is 7. The number of benzene rings is 2. The first kappa shape index (κ1) is 26.3. The molecule has 0 fully saturated rings. The molecule has 0 aliphatic heterocycles. The van der Waals surface area contributed by atoms with Crippen molar-refractivity contribution < 1.29 is 33.2 Å². The average Bonchev–Trinajstić information content (AvgIpc) is 2.82. The van der Waals surface area contributed by atoms with Crippen molar-refractivity contribution in [3.8, 4) is 34.5 Å². The third-order valence-corrected chi connectivity index (χ3v) is 4.68. The second-order valence-electron chi connectivity index (χ2n) is 6.87. The van der Waals surface area contributed by atoms with Crippen LogP contribution in [-0.4, -0.2) is 54.9 Å². The monoisotopic (exact) mass is 466 g/mol. The van der Waals surface area contributed by atoms with E-state index in [1.165, 1.54) is 28.4 Å². The molecule has 2 aromatic carbocycles. The Bertz CT molecular complexity index is 772. The summed E-state index contributed by atoms with van der Waals surface area (Å²) in [6, 6.07) is 6.84. The van der Waals surface area contributed by atoms with Gasteiger partial charge in [0.15, 0.2) is 23.0 Å². The van der Waals surface area contributed by atoms with Crippen molar-refractivity contribution in [1.29, 1.82) is 0 Å². The molecule has 8 N–H and O–H groups in total. The van der Waals surface area contributed by atoms with Crippen molar-refractivity contribution in [2.45, 2.75) is 12.3 Å². The van der Waals surface area contributed by atoms with Gasteiger partial charge in [0.05, 0.1) is 54.0 Å². The molecule has 0 heterocycles. The van der Waals surface area contributed by atoms with Crippen molar-refractivity contribution >= 4 is 0 Å². The summed E-state index contributed by atoms with van der Waals surface area (Å²) in [5, 5.41) is 0. The highest BCUT2D eigenvalue weighted by Crippen LogP contribution is 2.40. The van der Waals surface area contributed by atoms with Crippen LogP contribution < -0.4 is 51.4 Å². The summed E-state index contributed by atoms with van der Waals surface area (Å²) in [5.74, 6) is 2.75. The van der Waals surface area contributed by atoms with Gasteiger partial charge in [-0.25, -0.2) is 0 Å². The summed E-state index contributed by atoms with van der Waals surface area (Å²) in [6.07, 6.45) is -1.32. The van der Waals surface area contributed by atoms with E-state index in [2.05, 4.69) is 0 Å². The summed E-state index contributed by atoms with van der Waals surface area (Å²) in [4.78, 5) is 0. The Morgan fingerprint density at radius 3 is 1.09 bits per heavy atom. The minimum atomic E-state index is -0.661. The molecule has 0 aliphatic carbocycles. The minimum Gasteiger partial charge on any atom is -0.493 e. The molecule has 0 aromatic heterocycles. The van der Waals surface area contributed by atoms with Gasteiger partial charge in [-0.05, 0) is 35.4 Å². The predicted molar refractivity (Wildman–Crippen MR) is 123 cm³/mol. The van der Waals surface area contributed by atoms with Crippen LogP contribution in [0.15, 0.2) is 24.3 Å². The van der Waals surface area contributed by atoms with Gasteiger partial charge < -0.3 is 56.1 Å². The largest absolute Gasteiger partial charge is 0.493 e. The Labute approximate surface area is 193 Å². The van der Waals surface area contributed by atoms with E-state index in [1.807, 2.05) is 0 Å². The Balaban J connectivity index is 1.88. The van der Waals surface area contributed by atoms with Crippen molar-refractivity contribution in [3.05, 3.63) is 35.4 Å². The Morgan fingerprint density at radius 2 is 0.848 bits per heavy atom. The van der Waals surface area contributed by atoms with Gasteiger partial charge in [0.25, 0.3) is 0 Å². The fraction of sp³-hybridized carbons (Fsp3) is 0.455. The lowest BCUT2D eigenvalue weighted by molar-refractivity contribution is 0.0735. The van der Waals surface area contributed by atoms with Gasteiger partial charge in [0.1, 0.15) is 13.2 Å². The average molecular weight is 467 g/mol. The lowest BCUT2D eigenvalue weighted by Crippen LogP contribution is -2.20. The molecule has 0 saturated carbocycles. The quantitative estimate of drug-likeness (QED) is 0.232. The summed E-state index contributed by atoms with van der Waals surface area (Å²) in [6.45, 7) is 1.14. The second-order valence-corrected chi connectivity index (χ2v) is 6.87. The van der Waals surface area contributed by atoms with Crippen LogP contribution in [-0.2, 0) is 4.74 Å². The van der Waals surface area contributed by atoms with Crippen molar-refractivity contribution in [1.82, 2.24) is 0 Å². The molecule has 11 heteroatoms. The van der Waals surface area contributed by atoms with Crippen LogP contribution >= 0.6 is 0 Å². The lowest BCUT2D eigenvalue weighted by Gasteiger charge is -2.18. The van der Waals surface area contributed by atoms with E-state index in [4.69, 9.17) is 56.1 Å². The number of hydrogen-bond donors (Lipinski definition) is 4. The third kappa shape index (κ3) is 7.01. The number of methoxy groups -OCH3 is 4. The maximum Gasteiger partial charge on any atom is 0.203 e. The molecular weight excluding hydrogens is 432 g/mol. The van der Waals surface area contributed by atoms with Gasteiger partial charge in [0.2, 0.25) is 11.5 Å². The van der Waals surface area contributed by atoms with E-state index in [1.54, 1.807) is 24.3 Å². The zero-order valence-corrected chi connectivity index (χ0v) is 19.5. The molecule has 0 bridgehead atoms. The normalized spacial score (nSPS) is 11.0. The molecule has 0 aliphatic rings. The summed E-state index contributed by atoms with van der Waals surface area (Å²) in [7, 11) is 6.10. The molecule has 0 saturated heterocycles. The third-order valence-electron chi connectivity index (χ3n) is 4.68. The second kappa shape index (κ2) is 12.9. The number of nitrogens with two attached hydrogens (primary N) is 4. The molecule has 0 spiro atoms. The molecule has 0 unspecified atom stereocenters. The van der Waals surface area contributed by atoms with Crippen molar-refractivity contribution in [2.24, 2.45) is 22.9 Å². The highest BCUT2D eigenvalue weighted by atomic mass is 16.6. The maximum absolute atomic E-state index is 5.80. The topological polar surface area (TPSA) is 169 Å². The van der Waals surface area contributed by atoms with Crippen LogP contribution in [0.3, 0.4) is 0 Å². The van der Waals surface area contributed by atoms with Crippen LogP contribution in [0.4, 0.5) is 0 Å². The SMILES string of the molecule is COc1cc(C(N)N)cc(OC)c1OCCOCCOc1c(OC)cc(C(N)N)cc1OC. The summed E-state index contributed by atoms with van der Waals surface area (Å²) in [5.41, 5.74) is 24.3. The van der Waals surface area contributed by atoms with Crippen LogP contribution in [0.25, 0.3) is 0 Å². The van der Waals surface area contributed by atoms with E-state index in [0.29, 0.717) is 58.8 Å². The highest BCUT2D eigenvalue weighted by molar-refractivity contribution is 5.55. The first-order chi connectivity index (χ1) is 15.9. The zero-order valence-electron chi connectivity index (χ0n) is 19.5. The van der Waals surface area contributed by atoms with Gasteiger partial charge in [-0.1, -0.05) is 0 Å². The minimum absolute atomic E-state index is 0.260. The van der Waals surface area contributed by atoms with Gasteiger partial charge in [0, 0.05) is 0 Å². The molecule has 33 heavy (non-hydrogen) atoms. The first-order valence-electron chi connectivity index (χ1n) is 10.2. The fourth-order valence-corrected chi connectivity index (χ4v) is 2.98. The Kier molecular flexibility index (Phi) is 10.3. The van der Waals surface area contributed by atoms with Crippen LogP contribution in [0, 0.1) is 0 Å². The highest BCUT2D eigenvalue weighted by Gasteiger charge is 2.17. The fourth-order valence-electron chi connectivity index (χ4n) is 2.98. The molecule has 11 nitrogen and oxygen atoms in total. The molecule has 2 rings (SSSR count). The van der Waals surface area contributed by atoms with Gasteiger partial charge in [-0.2, -0.15) is 0 Å². The predicted octanol–water partition coefficient (Wildman–Crippen LogP) is 1.03. The van der Waals surface area contributed by atoms with Gasteiger partial charge in [-0.3, -0.25) is 0 Å². The molecule has 0 atom stereocenters. The number of hydrogen-bond acceptors (Lipinski definition) is 11. The number of rotatable bonds is 14. The van der Waals surface area contributed by atoms with E-state index < -0.39 is 12.3 Å². The van der Waals surface area contributed by atoms with Gasteiger partial charge in [-0.15, -0.1) is 0 Å². The van der Waals surface area contributed by atoms with E-state index in [-0.39, 0.29) is 13.2 Å². The zero-order chi connectivity index (χ0) is 24.4. The van der Waals surface area contributed by atoms with E-state index >= 15 is 0 Å². The van der Waals surface area contributed by atoms with Crippen LogP contribution in [0.1, 0.15) is 23.5 Å². The first-order valence-corrected chi connectivity index (χ1v) is 10.2. The standard InChI is InChI=1S/C22H34N4O7/c1-27-15-9-13(21(23)24)10-16(28-2)19(15)32-7-5-31-6-8-33-20-17(29-3)11-14(22(25)26)12-18(20)30-4/h9-12,21-22H,5-8,23-26H2,1-4H3. The smallest absolute Gasteiger partial charge is 0.203 e. The molecule has 0 radical (unpaired) electrons. The molecule has 2 aromatic rings. The molecule has 184 valence electrons. The lowest BCUT2D eigenvalue weighted by atomic mass is 10.1. The van der Waals surface area contributed by atoms with E-state index in [9.17, 15) is 0 Å². The van der Waals surface area contributed by atoms with Crippen LogP contribution in [0.2, 0.25) is 0 Å².